The first-order chi connectivity index (χ1) is 17.3. The molecule has 1 fully saturated rings. The summed E-state index contributed by atoms with van der Waals surface area (Å²) in [5.41, 5.74) is -0.0112. The molecule has 0 saturated carbocycles. The van der Waals surface area contributed by atoms with Crippen molar-refractivity contribution >= 4 is 34.7 Å². The summed E-state index contributed by atoms with van der Waals surface area (Å²) >= 11 is 7.44. The highest BCUT2D eigenvalue weighted by Crippen LogP contribution is 2.33. The Morgan fingerprint density at radius 1 is 1.08 bits per heavy atom. The van der Waals surface area contributed by atoms with Crippen molar-refractivity contribution in [1.29, 1.82) is 0 Å². The van der Waals surface area contributed by atoms with Gasteiger partial charge in [-0.2, -0.15) is 13.2 Å². The Morgan fingerprint density at radius 2 is 1.78 bits per heavy atom. The minimum Gasteiger partial charge on any atom is -0.485 e. The molecular weight excluding hydrogens is 511 g/mol. The number of hydrogen-bond acceptors (Lipinski definition) is 4. The normalized spacial score (nSPS) is 15.9. The zero-order valence-corrected chi connectivity index (χ0v) is 21.0. The number of ether oxygens (including phenoxy) is 1. The first-order valence-corrected chi connectivity index (χ1v) is 12.9. The number of halogens is 4. The van der Waals surface area contributed by atoms with Crippen LogP contribution in [0.4, 0.5) is 23.7 Å². The summed E-state index contributed by atoms with van der Waals surface area (Å²) in [6.45, 7) is 2.46. The van der Waals surface area contributed by atoms with Gasteiger partial charge in [-0.05, 0) is 72.8 Å². The van der Waals surface area contributed by atoms with Gasteiger partial charge in [-0.1, -0.05) is 17.7 Å². The van der Waals surface area contributed by atoms with Crippen LogP contribution in [-0.2, 0) is 6.18 Å². The van der Waals surface area contributed by atoms with Crippen molar-refractivity contribution in [2.75, 3.05) is 25.0 Å². The first-order valence-electron chi connectivity index (χ1n) is 11.7. The van der Waals surface area contributed by atoms with Crippen LogP contribution in [0.3, 0.4) is 0 Å². The molecule has 2 amide bonds. The van der Waals surface area contributed by atoms with E-state index in [4.69, 9.17) is 16.3 Å². The van der Waals surface area contributed by atoms with Gasteiger partial charge in [0.1, 0.15) is 11.9 Å². The lowest BCUT2D eigenvalue weighted by molar-refractivity contribution is -0.137. The molecule has 3 aromatic rings. The van der Waals surface area contributed by atoms with Gasteiger partial charge in [0, 0.05) is 47.7 Å². The molecule has 1 saturated heterocycles. The Kier molecular flexibility index (Phi) is 8.77. The highest BCUT2D eigenvalue weighted by atomic mass is 35.5. The number of likely N-dealkylation sites (tertiary alicyclic amines) is 1. The van der Waals surface area contributed by atoms with E-state index in [2.05, 4.69) is 15.5 Å². The van der Waals surface area contributed by atoms with Crippen molar-refractivity contribution in [2.24, 2.45) is 0 Å². The van der Waals surface area contributed by atoms with E-state index in [9.17, 15) is 18.0 Å². The van der Waals surface area contributed by atoms with E-state index in [1.807, 2.05) is 17.5 Å². The van der Waals surface area contributed by atoms with Gasteiger partial charge in [0.15, 0.2) is 0 Å². The molecule has 5 nitrogen and oxygen atoms in total. The standard InChI is InChI=1S/C26H27ClF3N3O2S/c27-19-5-7-20(8-6-19)31-25(34)32-21-11-14-33(15-12-21)16-13-23(24-2-1-17-36-24)35-22-9-3-18(4-10-22)26(28,29)30/h1-10,17,21,23H,11-16H2,(H2,31,32,34). The van der Waals surface area contributed by atoms with Gasteiger partial charge in [0.25, 0.3) is 0 Å². The number of nitrogens with one attached hydrogen (secondary N) is 2. The molecule has 1 atom stereocenters. The summed E-state index contributed by atoms with van der Waals surface area (Å²) < 4.78 is 44.7. The number of carbonyl (C=O) groups excluding carboxylic acids is 1. The smallest absolute Gasteiger partial charge is 0.416 e. The number of alkyl halides is 3. The zero-order chi connectivity index (χ0) is 25.5. The summed E-state index contributed by atoms with van der Waals surface area (Å²) in [4.78, 5) is 15.7. The Morgan fingerprint density at radius 3 is 2.39 bits per heavy atom. The van der Waals surface area contributed by atoms with Crippen LogP contribution in [0.1, 0.15) is 35.8 Å². The van der Waals surface area contributed by atoms with Gasteiger partial charge < -0.3 is 20.3 Å². The van der Waals surface area contributed by atoms with E-state index in [0.29, 0.717) is 22.9 Å². The van der Waals surface area contributed by atoms with Crippen LogP contribution in [0.25, 0.3) is 0 Å². The number of rotatable bonds is 8. The number of amides is 2. The molecule has 1 aliphatic heterocycles. The van der Waals surface area contributed by atoms with Crippen LogP contribution in [-0.4, -0.2) is 36.6 Å². The van der Waals surface area contributed by atoms with E-state index in [-0.39, 0.29) is 18.2 Å². The zero-order valence-electron chi connectivity index (χ0n) is 19.4. The van der Waals surface area contributed by atoms with Gasteiger partial charge in [0.05, 0.1) is 5.56 Å². The highest BCUT2D eigenvalue weighted by molar-refractivity contribution is 7.10. The third-order valence-corrected chi connectivity index (χ3v) is 7.27. The molecule has 2 heterocycles. The maximum Gasteiger partial charge on any atom is 0.416 e. The average molecular weight is 538 g/mol. The van der Waals surface area contributed by atoms with Crippen LogP contribution in [0.2, 0.25) is 5.02 Å². The second-order valence-electron chi connectivity index (χ2n) is 8.65. The van der Waals surface area contributed by atoms with E-state index in [1.165, 1.54) is 12.1 Å². The largest absolute Gasteiger partial charge is 0.485 e. The molecule has 10 heteroatoms. The SMILES string of the molecule is O=C(Nc1ccc(Cl)cc1)NC1CCN(CCC(Oc2ccc(C(F)(F)F)cc2)c2cccs2)CC1. The van der Waals surface area contributed by atoms with Crippen molar-refractivity contribution in [3.63, 3.8) is 0 Å². The lowest BCUT2D eigenvalue weighted by Gasteiger charge is -2.33. The van der Waals surface area contributed by atoms with Crippen LogP contribution in [0.5, 0.6) is 5.75 Å². The third kappa shape index (κ3) is 7.62. The number of anilines is 1. The van der Waals surface area contributed by atoms with Gasteiger partial charge >= 0.3 is 12.2 Å². The van der Waals surface area contributed by atoms with Gasteiger partial charge in [-0.3, -0.25) is 0 Å². The summed E-state index contributed by atoms with van der Waals surface area (Å²) in [6, 6.07) is 15.5. The molecule has 0 radical (unpaired) electrons. The van der Waals surface area contributed by atoms with Crippen molar-refractivity contribution in [3.05, 3.63) is 81.5 Å². The van der Waals surface area contributed by atoms with Crippen LogP contribution < -0.4 is 15.4 Å². The number of hydrogen-bond donors (Lipinski definition) is 2. The minimum absolute atomic E-state index is 0.0880. The lowest BCUT2D eigenvalue weighted by atomic mass is 10.0. The fourth-order valence-corrected chi connectivity index (χ4v) is 5.02. The van der Waals surface area contributed by atoms with Gasteiger partial charge in [-0.25, -0.2) is 4.79 Å². The topological polar surface area (TPSA) is 53.6 Å². The Bertz CT molecular complexity index is 1100. The van der Waals surface area contributed by atoms with Crippen molar-refractivity contribution < 1.29 is 22.7 Å². The summed E-state index contributed by atoms with van der Waals surface area (Å²) in [5.74, 6) is 0.413. The maximum atomic E-state index is 12.9. The van der Waals surface area contributed by atoms with E-state index < -0.39 is 11.7 Å². The van der Waals surface area contributed by atoms with Crippen LogP contribution in [0, 0.1) is 0 Å². The molecule has 36 heavy (non-hydrogen) atoms. The Labute approximate surface area is 217 Å². The molecule has 2 aromatic carbocycles. The first kappa shape index (κ1) is 26.3. The fraction of sp³-hybridized carbons (Fsp3) is 0.346. The van der Waals surface area contributed by atoms with Crippen LogP contribution >= 0.6 is 22.9 Å². The lowest BCUT2D eigenvalue weighted by Crippen LogP contribution is -2.46. The Balaban J connectivity index is 1.25. The molecular formula is C26H27ClF3N3O2S. The third-order valence-electron chi connectivity index (χ3n) is 6.05. The molecule has 0 spiro atoms. The molecule has 2 N–H and O–H groups in total. The second kappa shape index (κ2) is 12.0. The molecule has 192 valence electrons. The monoisotopic (exact) mass is 537 g/mol. The number of carbonyl (C=O) groups is 1. The second-order valence-corrected chi connectivity index (χ2v) is 10.1. The summed E-state index contributed by atoms with van der Waals surface area (Å²) in [7, 11) is 0. The molecule has 1 aromatic heterocycles. The predicted octanol–water partition coefficient (Wildman–Crippen LogP) is 7.22. The summed E-state index contributed by atoms with van der Waals surface area (Å²) in [5, 5.41) is 8.42. The van der Waals surface area contributed by atoms with E-state index >= 15 is 0 Å². The van der Waals surface area contributed by atoms with E-state index in [0.717, 1.165) is 49.5 Å². The number of benzene rings is 2. The number of piperidine rings is 1. The molecule has 1 unspecified atom stereocenters. The van der Waals surface area contributed by atoms with Crippen molar-refractivity contribution in [2.45, 2.75) is 37.6 Å². The molecule has 4 rings (SSSR count). The van der Waals surface area contributed by atoms with E-state index in [1.54, 1.807) is 35.6 Å². The van der Waals surface area contributed by atoms with Crippen molar-refractivity contribution in [1.82, 2.24) is 10.2 Å². The number of nitrogens with zero attached hydrogens (tertiary/aromatic N) is 1. The molecule has 1 aliphatic rings. The molecule has 0 aliphatic carbocycles. The Hall–Kier alpha value is -2.75. The average Bonchev–Trinajstić information content (AvgIpc) is 3.39. The minimum atomic E-state index is -4.37. The highest BCUT2D eigenvalue weighted by Gasteiger charge is 2.30. The fourth-order valence-electron chi connectivity index (χ4n) is 4.11. The van der Waals surface area contributed by atoms with Crippen molar-refractivity contribution in [3.8, 4) is 5.75 Å². The number of thiophene rings is 1. The quantitative estimate of drug-likeness (QED) is 0.319. The number of urea groups is 1. The summed E-state index contributed by atoms with van der Waals surface area (Å²) in [6.07, 6.45) is -2.25. The maximum absolute atomic E-state index is 12.9. The molecule has 0 bridgehead atoms. The van der Waals surface area contributed by atoms with Gasteiger partial charge in [-0.15, -0.1) is 11.3 Å². The van der Waals surface area contributed by atoms with Crippen LogP contribution in [0.15, 0.2) is 66.0 Å². The van der Waals surface area contributed by atoms with Gasteiger partial charge in [0.2, 0.25) is 0 Å². The predicted molar refractivity (Wildman–Crippen MR) is 137 cm³/mol.